The quantitative estimate of drug-likeness (QED) is 0.700. The van der Waals surface area contributed by atoms with Gasteiger partial charge in [-0.15, -0.1) is 10.2 Å². The average Bonchev–Trinajstić information content (AvgIpc) is 2.69. The minimum atomic E-state index is -0.0996. The first-order valence-corrected chi connectivity index (χ1v) is 8.90. The number of rotatable bonds is 7. The molecule has 0 bridgehead atoms. The van der Waals surface area contributed by atoms with Gasteiger partial charge in [0, 0.05) is 26.0 Å². The van der Waals surface area contributed by atoms with E-state index in [1.165, 1.54) is 5.56 Å². The van der Waals surface area contributed by atoms with Crippen molar-refractivity contribution >= 4 is 17.5 Å². The first kappa shape index (κ1) is 18.5. The molecular formula is C21H23N5O. The Hall–Kier alpha value is -3.28. The summed E-state index contributed by atoms with van der Waals surface area (Å²) in [6.07, 6.45) is 4.81. The van der Waals surface area contributed by atoms with Crippen LogP contribution in [-0.2, 0) is 17.6 Å². The van der Waals surface area contributed by atoms with Crippen molar-refractivity contribution in [2.75, 3.05) is 23.8 Å². The Labute approximate surface area is 159 Å². The van der Waals surface area contributed by atoms with Gasteiger partial charge in [0.05, 0.1) is 6.42 Å². The topological polar surface area (TPSA) is 71.0 Å². The number of carbonyl (C=O) groups is 1. The van der Waals surface area contributed by atoms with Gasteiger partial charge in [-0.2, -0.15) is 0 Å². The summed E-state index contributed by atoms with van der Waals surface area (Å²) >= 11 is 0. The number of hydrogen-bond donors (Lipinski definition) is 1. The van der Waals surface area contributed by atoms with E-state index >= 15 is 0 Å². The number of pyridine rings is 1. The standard InChI is InChI=1S/C21H23N5O/c1-16-5-3-4-6-18(16)15-21(27)23-19-7-8-20(25-24-19)26(2)14-11-17-9-12-22-13-10-17/h3-10,12-13H,11,14-15H2,1-2H3,(H,23,24,27). The monoisotopic (exact) mass is 361 g/mol. The van der Waals surface area contributed by atoms with E-state index in [2.05, 4.69) is 20.5 Å². The molecule has 0 spiro atoms. The van der Waals surface area contributed by atoms with Crippen LogP contribution >= 0.6 is 0 Å². The highest BCUT2D eigenvalue weighted by Gasteiger charge is 2.09. The lowest BCUT2D eigenvalue weighted by Crippen LogP contribution is -2.22. The molecule has 0 radical (unpaired) electrons. The molecule has 0 saturated carbocycles. The van der Waals surface area contributed by atoms with Crippen LogP contribution in [0, 0.1) is 6.92 Å². The second-order valence-electron chi connectivity index (χ2n) is 6.46. The van der Waals surface area contributed by atoms with Crippen LogP contribution in [0.15, 0.2) is 60.9 Å². The molecule has 0 aliphatic heterocycles. The molecule has 3 aromatic rings. The van der Waals surface area contributed by atoms with E-state index in [1.54, 1.807) is 18.5 Å². The second kappa shape index (κ2) is 8.89. The van der Waals surface area contributed by atoms with Crippen LogP contribution < -0.4 is 10.2 Å². The van der Waals surface area contributed by atoms with Gasteiger partial charge in [0.25, 0.3) is 0 Å². The van der Waals surface area contributed by atoms with Crippen molar-refractivity contribution in [1.29, 1.82) is 0 Å². The van der Waals surface area contributed by atoms with Crippen molar-refractivity contribution in [2.24, 2.45) is 0 Å². The van der Waals surface area contributed by atoms with Crippen molar-refractivity contribution in [3.8, 4) is 0 Å². The number of carbonyl (C=O) groups excluding carboxylic acids is 1. The van der Waals surface area contributed by atoms with E-state index in [0.29, 0.717) is 12.2 Å². The van der Waals surface area contributed by atoms with E-state index in [0.717, 1.165) is 29.9 Å². The molecule has 3 rings (SSSR count). The molecule has 1 amide bonds. The summed E-state index contributed by atoms with van der Waals surface area (Å²) in [6.45, 7) is 2.82. The Kier molecular flexibility index (Phi) is 6.10. The van der Waals surface area contributed by atoms with Crippen LogP contribution in [0.25, 0.3) is 0 Å². The zero-order valence-electron chi connectivity index (χ0n) is 15.6. The molecule has 0 aliphatic carbocycles. The molecule has 0 fully saturated rings. The van der Waals surface area contributed by atoms with E-state index < -0.39 is 0 Å². The average molecular weight is 361 g/mol. The van der Waals surface area contributed by atoms with Crippen LogP contribution in [0.2, 0.25) is 0 Å². The molecule has 0 atom stereocenters. The van der Waals surface area contributed by atoms with E-state index in [1.807, 2.05) is 61.3 Å². The highest BCUT2D eigenvalue weighted by Crippen LogP contribution is 2.13. The third kappa shape index (κ3) is 5.34. The van der Waals surface area contributed by atoms with E-state index in [4.69, 9.17) is 0 Å². The van der Waals surface area contributed by atoms with E-state index in [9.17, 15) is 4.79 Å². The Bertz CT molecular complexity index is 881. The molecule has 0 saturated heterocycles. The van der Waals surface area contributed by atoms with Crippen LogP contribution in [-0.4, -0.2) is 34.7 Å². The minimum absolute atomic E-state index is 0.0996. The Morgan fingerprint density at radius 3 is 2.52 bits per heavy atom. The summed E-state index contributed by atoms with van der Waals surface area (Å²) < 4.78 is 0. The van der Waals surface area contributed by atoms with Gasteiger partial charge in [-0.1, -0.05) is 24.3 Å². The fourth-order valence-corrected chi connectivity index (χ4v) is 2.72. The number of aryl methyl sites for hydroxylation is 1. The maximum atomic E-state index is 12.2. The van der Waals surface area contributed by atoms with Crippen LogP contribution in [0.1, 0.15) is 16.7 Å². The molecule has 27 heavy (non-hydrogen) atoms. The number of anilines is 2. The lowest BCUT2D eigenvalue weighted by atomic mass is 10.1. The molecule has 2 heterocycles. The molecule has 2 aromatic heterocycles. The maximum absolute atomic E-state index is 12.2. The van der Waals surface area contributed by atoms with Gasteiger partial charge in [0.15, 0.2) is 11.6 Å². The maximum Gasteiger partial charge on any atom is 0.230 e. The number of likely N-dealkylation sites (N-methyl/N-ethyl adjacent to an activating group) is 1. The molecule has 138 valence electrons. The summed E-state index contributed by atoms with van der Waals surface area (Å²) in [7, 11) is 1.97. The fourth-order valence-electron chi connectivity index (χ4n) is 2.72. The van der Waals surface area contributed by atoms with Gasteiger partial charge in [-0.3, -0.25) is 9.78 Å². The normalized spacial score (nSPS) is 10.4. The van der Waals surface area contributed by atoms with Gasteiger partial charge in [-0.25, -0.2) is 0 Å². The molecular weight excluding hydrogens is 338 g/mol. The van der Waals surface area contributed by atoms with Crippen molar-refractivity contribution in [1.82, 2.24) is 15.2 Å². The smallest absolute Gasteiger partial charge is 0.230 e. The molecule has 6 nitrogen and oxygen atoms in total. The van der Waals surface area contributed by atoms with Crippen molar-refractivity contribution in [3.05, 3.63) is 77.6 Å². The minimum Gasteiger partial charge on any atom is -0.358 e. The summed E-state index contributed by atoms with van der Waals surface area (Å²) in [5.41, 5.74) is 3.34. The number of nitrogens with one attached hydrogen (secondary N) is 1. The lowest BCUT2D eigenvalue weighted by molar-refractivity contribution is -0.115. The number of aromatic nitrogens is 3. The molecule has 1 N–H and O–H groups in total. The summed E-state index contributed by atoms with van der Waals surface area (Å²) in [5.74, 6) is 1.12. The van der Waals surface area contributed by atoms with Crippen molar-refractivity contribution < 1.29 is 4.79 Å². The van der Waals surface area contributed by atoms with Gasteiger partial charge in [0.1, 0.15) is 0 Å². The van der Waals surface area contributed by atoms with Crippen molar-refractivity contribution in [2.45, 2.75) is 19.8 Å². The molecule has 0 aliphatic rings. The number of hydrogen-bond acceptors (Lipinski definition) is 5. The van der Waals surface area contributed by atoms with Gasteiger partial charge >= 0.3 is 0 Å². The number of benzene rings is 1. The third-order valence-corrected chi connectivity index (χ3v) is 4.41. The van der Waals surface area contributed by atoms with Gasteiger partial charge in [0.2, 0.25) is 5.91 Å². The predicted octanol–water partition coefficient (Wildman–Crippen LogP) is 3.04. The Balaban J connectivity index is 1.53. The summed E-state index contributed by atoms with van der Waals surface area (Å²) in [5, 5.41) is 11.1. The number of nitrogens with zero attached hydrogens (tertiary/aromatic N) is 4. The zero-order valence-corrected chi connectivity index (χ0v) is 15.6. The van der Waals surface area contributed by atoms with Crippen molar-refractivity contribution in [3.63, 3.8) is 0 Å². The third-order valence-electron chi connectivity index (χ3n) is 4.41. The SMILES string of the molecule is Cc1ccccc1CC(=O)Nc1ccc(N(C)CCc2ccncc2)nn1. The van der Waals surface area contributed by atoms with Gasteiger partial charge < -0.3 is 10.2 Å². The Morgan fingerprint density at radius 1 is 1.04 bits per heavy atom. The predicted molar refractivity (Wildman–Crippen MR) is 107 cm³/mol. The highest BCUT2D eigenvalue weighted by atomic mass is 16.1. The summed E-state index contributed by atoms with van der Waals surface area (Å²) in [6, 6.07) is 15.5. The lowest BCUT2D eigenvalue weighted by Gasteiger charge is -2.17. The first-order chi connectivity index (χ1) is 13.1. The van der Waals surface area contributed by atoms with E-state index in [-0.39, 0.29) is 5.91 Å². The molecule has 0 unspecified atom stereocenters. The Morgan fingerprint density at radius 2 is 1.81 bits per heavy atom. The fraction of sp³-hybridized carbons (Fsp3) is 0.238. The zero-order chi connectivity index (χ0) is 19.1. The molecule has 6 heteroatoms. The van der Waals surface area contributed by atoms with Crippen LogP contribution in [0.5, 0.6) is 0 Å². The van der Waals surface area contributed by atoms with Crippen LogP contribution in [0.3, 0.4) is 0 Å². The number of amides is 1. The first-order valence-electron chi connectivity index (χ1n) is 8.90. The van der Waals surface area contributed by atoms with Gasteiger partial charge in [-0.05, 0) is 54.3 Å². The second-order valence-corrected chi connectivity index (χ2v) is 6.46. The summed E-state index contributed by atoms with van der Waals surface area (Å²) in [4.78, 5) is 18.3. The highest BCUT2D eigenvalue weighted by molar-refractivity contribution is 5.91. The largest absolute Gasteiger partial charge is 0.358 e. The molecule has 1 aromatic carbocycles. The van der Waals surface area contributed by atoms with Crippen LogP contribution in [0.4, 0.5) is 11.6 Å².